The van der Waals surface area contributed by atoms with Crippen LogP contribution in [-0.2, 0) is 11.3 Å². The molecule has 5 nitrogen and oxygen atoms in total. The molecule has 2 aromatic rings. The molecule has 1 amide bonds. The Kier molecular flexibility index (Phi) is 4.78. The first-order chi connectivity index (χ1) is 12.7. The predicted molar refractivity (Wildman–Crippen MR) is 103 cm³/mol. The van der Waals surface area contributed by atoms with E-state index in [4.69, 9.17) is 9.47 Å². The minimum Gasteiger partial charge on any atom is -0.454 e. The molecule has 0 saturated carbocycles. The number of ether oxygens (including phenoxy) is 2. The van der Waals surface area contributed by atoms with E-state index < -0.39 is 0 Å². The lowest BCUT2D eigenvalue weighted by atomic mass is 10.1. The maximum atomic E-state index is 12.9. The second-order valence-electron chi connectivity index (χ2n) is 6.64. The monoisotopic (exact) mass is 370 g/mol. The van der Waals surface area contributed by atoms with Crippen molar-refractivity contribution in [3.63, 3.8) is 0 Å². The van der Waals surface area contributed by atoms with Crippen molar-refractivity contribution in [2.45, 2.75) is 24.4 Å². The third-order valence-corrected chi connectivity index (χ3v) is 5.56. The second kappa shape index (κ2) is 7.21. The molecular weight excluding hydrogens is 348 g/mol. The number of benzene rings is 2. The molecule has 2 aromatic carbocycles. The predicted octanol–water partition coefficient (Wildman–Crippen LogP) is 3.37. The van der Waals surface area contributed by atoms with Crippen molar-refractivity contribution < 1.29 is 14.3 Å². The van der Waals surface area contributed by atoms with Gasteiger partial charge in [0.15, 0.2) is 11.5 Å². The molecule has 1 atom stereocenters. The first-order valence-electron chi connectivity index (χ1n) is 8.71. The van der Waals surface area contributed by atoms with E-state index >= 15 is 0 Å². The zero-order chi connectivity index (χ0) is 18.1. The molecule has 2 aliphatic heterocycles. The lowest BCUT2D eigenvalue weighted by Gasteiger charge is -2.40. The van der Waals surface area contributed by atoms with E-state index in [-0.39, 0.29) is 18.7 Å². The molecule has 136 valence electrons. The van der Waals surface area contributed by atoms with Crippen LogP contribution in [0.4, 0.5) is 5.69 Å². The van der Waals surface area contributed by atoms with Crippen molar-refractivity contribution in [2.24, 2.45) is 0 Å². The number of fused-ring (bicyclic) bond motifs is 1. The van der Waals surface area contributed by atoms with Crippen LogP contribution in [0.5, 0.6) is 11.5 Å². The van der Waals surface area contributed by atoms with Crippen LogP contribution in [0.2, 0.25) is 0 Å². The van der Waals surface area contributed by atoms with Gasteiger partial charge in [-0.05, 0) is 43.0 Å². The molecule has 6 heteroatoms. The van der Waals surface area contributed by atoms with Gasteiger partial charge in [-0.2, -0.15) is 0 Å². The van der Waals surface area contributed by atoms with Gasteiger partial charge in [0, 0.05) is 24.0 Å². The van der Waals surface area contributed by atoms with Gasteiger partial charge in [0.05, 0.1) is 12.2 Å². The summed E-state index contributed by atoms with van der Waals surface area (Å²) in [5.74, 6) is 1.72. The lowest BCUT2D eigenvalue weighted by molar-refractivity contribution is -0.122. The Labute approximate surface area is 157 Å². The van der Waals surface area contributed by atoms with Crippen LogP contribution < -0.4 is 14.4 Å². The fourth-order valence-corrected chi connectivity index (χ4v) is 4.24. The third kappa shape index (κ3) is 3.27. The van der Waals surface area contributed by atoms with Crippen molar-refractivity contribution in [3.05, 3.63) is 48.0 Å². The summed E-state index contributed by atoms with van der Waals surface area (Å²) in [4.78, 5) is 18.2. The number of hydrogen-bond donors (Lipinski definition) is 0. The summed E-state index contributed by atoms with van der Waals surface area (Å²) in [6.45, 7) is 4.37. The quantitative estimate of drug-likeness (QED) is 0.772. The molecule has 0 aromatic heterocycles. The van der Waals surface area contributed by atoms with Gasteiger partial charge < -0.3 is 14.4 Å². The Morgan fingerprint density at radius 3 is 2.77 bits per heavy atom. The zero-order valence-electron chi connectivity index (χ0n) is 15.0. The van der Waals surface area contributed by atoms with Crippen LogP contribution in [0, 0.1) is 0 Å². The van der Waals surface area contributed by atoms with Gasteiger partial charge in [0.25, 0.3) is 0 Å². The number of piperazine rings is 1. The topological polar surface area (TPSA) is 42.0 Å². The Hall–Kier alpha value is -2.18. The molecule has 4 rings (SSSR count). The molecule has 0 radical (unpaired) electrons. The number of anilines is 1. The van der Waals surface area contributed by atoms with E-state index in [1.54, 1.807) is 11.8 Å². The highest BCUT2D eigenvalue weighted by Gasteiger charge is 2.32. The fraction of sp³-hybridized carbons (Fsp3) is 0.350. The van der Waals surface area contributed by atoms with Crippen LogP contribution in [0.3, 0.4) is 0 Å². The summed E-state index contributed by atoms with van der Waals surface area (Å²) >= 11 is 1.67. The molecular formula is C20H22N2O3S. The van der Waals surface area contributed by atoms with E-state index in [0.717, 1.165) is 40.7 Å². The number of thioether (sulfide) groups is 1. The second-order valence-corrected chi connectivity index (χ2v) is 7.49. The van der Waals surface area contributed by atoms with Crippen molar-refractivity contribution in [1.29, 1.82) is 0 Å². The lowest BCUT2D eigenvalue weighted by Crippen LogP contribution is -2.55. The van der Waals surface area contributed by atoms with Gasteiger partial charge in [-0.1, -0.05) is 18.2 Å². The Balaban J connectivity index is 1.49. The average Bonchev–Trinajstić information content (AvgIpc) is 3.09. The van der Waals surface area contributed by atoms with Crippen molar-refractivity contribution in [1.82, 2.24) is 4.90 Å². The maximum Gasteiger partial charge on any atom is 0.241 e. The van der Waals surface area contributed by atoms with E-state index in [9.17, 15) is 4.79 Å². The summed E-state index contributed by atoms with van der Waals surface area (Å²) in [6.07, 6.45) is 2.05. The molecule has 0 aliphatic carbocycles. The molecule has 1 saturated heterocycles. The molecule has 0 bridgehead atoms. The highest BCUT2D eigenvalue weighted by atomic mass is 32.2. The SMILES string of the molecule is CSc1ccccc1N1C(=O)CN(Cc2ccc3c(c2)OCO3)C[C@H]1C. The van der Waals surface area contributed by atoms with Crippen molar-refractivity contribution in [3.8, 4) is 11.5 Å². The van der Waals surface area contributed by atoms with Gasteiger partial charge in [0.1, 0.15) is 0 Å². The molecule has 0 unspecified atom stereocenters. The molecule has 2 aliphatic rings. The Morgan fingerprint density at radius 2 is 1.96 bits per heavy atom. The summed E-state index contributed by atoms with van der Waals surface area (Å²) in [6, 6.07) is 14.2. The van der Waals surface area contributed by atoms with Crippen LogP contribution in [0.25, 0.3) is 0 Å². The Morgan fingerprint density at radius 1 is 1.15 bits per heavy atom. The van der Waals surface area contributed by atoms with Crippen LogP contribution in [0.15, 0.2) is 47.4 Å². The number of carbonyl (C=O) groups excluding carboxylic acids is 1. The van der Waals surface area contributed by atoms with Crippen molar-refractivity contribution >= 4 is 23.4 Å². The molecule has 0 spiro atoms. The van der Waals surface area contributed by atoms with Crippen LogP contribution in [0.1, 0.15) is 12.5 Å². The van der Waals surface area contributed by atoms with E-state index in [1.807, 2.05) is 47.6 Å². The standard InChI is InChI=1S/C20H22N2O3S/c1-14-10-21(11-15-7-8-17-18(9-15)25-13-24-17)12-20(23)22(14)16-5-3-4-6-19(16)26-2/h3-9,14H,10-13H2,1-2H3/t14-/m1/s1. The first kappa shape index (κ1) is 17.2. The minimum atomic E-state index is 0.124. The minimum absolute atomic E-state index is 0.124. The molecule has 0 N–H and O–H groups in total. The van der Waals surface area contributed by atoms with Gasteiger partial charge in [-0.25, -0.2) is 0 Å². The average molecular weight is 370 g/mol. The number of amides is 1. The highest BCUT2D eigenvalue weighted by molar-refractivity contribution is 7.98. The number of carbonyl (C=O) groups is 1. The van der Waals surface area contributed by atoms with Crippen LogP contribution >= 0.6 is 11.8 Å². The van der Waals surface area contributed by atoms with Crippen molar-refractivity contribution in [2.75, 3.05) is 31.0 Å². The van der Waals surface area contributed by atoms with E-state index in [0.29, 0.717) is 6.54 Å². The first-order valence-corrected chi connectivity index (χ1v) is 9.94. The molecule has 26 heavy (non-hydrogen) atoms. The largest absolute Gasteiger partial charge is 0.454 e. The summed E-state index contributed by atoms with van der Waals surface area (Å²) in [5, 5.41) is 0. The maximum absolute atomic E-state index is 12.9. The number of nitrogens with zero attached hydrogens (tertiary/aromatic N) is 2. The highest BCUT2D eigenvalue weighted by Crippen LogP contribution is 2.34. The van der Waals surface area contributed by atoms with Gasteiger partial charge >= 0.3 is 0 Å². The molecule has 1 fully saturated rings. The summed E-state index contributed by atoms with van der Waals surface area (Å²) in [7, 11) is 0. The molecule has 2 heterocycles. The normalized spacial score (nSPS) is 19.8. The fourth-order valence-electron chi connectivity index (χ4n) is 3.65. The van der Waals surface area contributed by atoms with E-state index in [2.05, 4.69) is 17.9 Å². The zero-order valence-corrected chi connectivity index (χ0v) is 15.8. The smallest absolute Gasteiger partial charge is 0.241 e. The van der Waals surface area contributed by atoms with Gasteiger partial charge in [0.2, 0.25) is 12.7 Å². The summed E-state index contributed by atoms with van der Waals surface area (Å²) < 4.78 is 10.8. The summed E-state index contributed by atoms with van der Waals surface area (Å²) in [5.41, 5.74) is 2.15. The van der Waals surface area contributed by atoms with E-state index in [1.165, 1.54) is 0 Å². The van der Waals surface area contributed by atoms with Gasteiger partial charge in [-0.15, -0.1) is 11.8 Å². The Bertz CT molecular complexity index is 826. The number of rotatable bonds is 4. The number of hydrogen-bond acceptors (Lipinski definition) is 5. The van der Waals surface area contributed by atoms with Gasteiger partial charge in [-0.3, -0.25) is 9.69 Å². The number of para-hydroxylation sites is 1. The third-order valence-electron chi connectivity index (χ3n) is 4.78. The van der Waals surface area contributed by atoms with Crippen LogP contribution in [-0.4, -0.2) is 43.0 Å².